The summed E-state index contributed by atoms with van der Waals surface area (Å²) in [6.07, 6.45) is 1.45. The van der Waals surface area contributed by atoms with Gasteiger partial charge in [0.05, 0.1) is 0 Å². The number of anilines is 1. The van der Waals surface area contributed by atoms with Crippen molar-refractivity contribution < 1.29 is 9.18 Å². The van der Waals surface area contributed by atoms with E-state index in [1.165, 1.54) is 12.1 Å². The standard InChI is InChI=1S/C12H17FN2O/c1-2-7-14-8-6-12(16)15-11-5-3-4-10(13)9-11/h3-5,9,14H,2,6-8H2,1H3,(H,15,16). The molecule has 88 valence electrons. The van der Waals surface area contributed by atoms with Crippen molar-refractivity contribution in [2.45, 2.75) is 19.8 Å². The highest BCUT2D eigenvalue weighted by Crippen LogP contribution is 2.08. The Balaban J connectivity index is 2.29. The molecule has 3 nitrogen and oxygen atoms in total. The third-order valence-corrected chi connectivity index (χ3v) is 2.06. The van der Waals surface area contributed by atoms with Gasteiger partial charge in [-0.1, -0.05) is 13.0 Å². The van der Waals surface area contributed by atoms with E-state index in [1.54, 1.807) is 12.1 Å². The Morgan fingerprint density at radius 3 is 2.88 bits per heavy atom. The molecule has 16 heavy (non-hydrogen) atoms. The first-order valence-corrected chi connectivity index (χ1v) is 5.48. The van der Waals surface area contributed by atoms with Crippen LogP contribution in [0.2, 0.25) is 0 Å². The van der Waals surface area contributed by atoms with E-state index < -0.39 is 0 Å². The van der Waals surface area contributed by atoms with Crippen LogP contribution in [0.25, 0.3) is 0 Å². The summed E-state index contributed by atoms with van der Waals surface area (Å²) in [7, 11) is 0. The van der Waals surface area contributed by atoms with Gasteiger partial charge >= 0.3 is 0 Å². The van der Waals surface area contributed by atoms with Crippen LogP contribution in [0.3, 0.4) is 0 Å². The Kier molecular flexibility index (Phi) is 5.50. The van der Waals surface area contributed by atoms with Gasteiger partial charge in [-0.25, -0.2) is 4.39 Å². The van der Waals surface area contributed by atoms with E-state index in [-0.39, 0.29) is 11.7 Å². The molecule has 0 saturated heterocycles. The smallest absolute Gasteiger partial charge is 0.225 e. The first kappa shape index (κ1) is 12.6. The topological polar surface area (TPSA) is 41.1 Å². The number of hydrogen-bond donors (Lipinski definition) is 2. The van der Waals surface area contributed by atoms with Gasteiger partial charge in [0.1, 0.15) is 5.82 Å². The van der Waals surface area contributed by atoms with E-state index in [2.05, 4.69) is 17.6 Å². The normalized spacial score (nSPS) is 10.1. The summed E-state index contributed by atoms with van der Waals surface area (Å²) in [5.41, 5.74) is 0.500. The largest absolute Gasteiger partial charge is 0.326 e. The molecule has 0 unspecified atom stereocenters. The van der Waals surface area contributed by atoms with Crippen LogP contribution < -0.4 is 10.6 Å². The highest BCUT2D eigenvalue weighted by molar-refractivity contribution is 5.90. The van der Waals surface area contributed by atoms with Gasteiger partial charge in [0.2, 0.25) is 5.91 Å². The number of benzene rings is 1. The fourth-order valence-electron chi connectivity index (χ4n) is 1.29. The minimum atomic E-state index is -0.345. The van der Waals surface area contributed by atoms with Crippen molar-refractivity contribution in [2.75, 3.05) is 18.4 Å². The number of nitrogens with one attached hydrogen (secondary N) is 2. The Labute approximate surface area is 95.0 Å². The third kappa shape index (κ3) is 4.89. The SMILES string of the molecule is CCCNCCC(=O)Nc1cccc(F)c1. The number of halogens is 1. The van der Waals surface area contributed by atoms with E-state index in [0.717, 1.165) is 13.0 Å². The molecular formula is C12H17FN2O. The molecule has 4 heteroatoms. The van der Waals surface area contributed by atoms with Gasteiger partial charge in [0, 0.05) is 18.7 Å². The second-order valence-corrected chi connectivity index (χ2v) is 3.56. The molecule has 0 heterocycles. The predicted octanol–water partition coefficient (Wildman–Crippen LogP) is 2.15. The number of amides is 1. The summed E-state index contributed by atoms with van der Waals surface area (Å²) in [5.74, 6) is -0.448. The molecule has 0 aromatic heterocycles. The van der Waals surface area contributed by atoms with E-state index >= 15 is 0 Å². The van der Waals surface area contributed by atoms with Gasteiger partial charge in [-0.2, -0.15) is 0 Å². The molecular weight excluding hydrogens is 207 g/mol. The highest BCUT2D eigenvalue weighted by Gasteiger charge is 2.02. The fourth-order valence-corrected chi connectivity index (χ4v) is 1.29. The lowest BCUT2D eigenvalue weighted by Crippen LogP contribution is -2.22. The molecule has 0 radical (unpaired) electrons. The van der Waals surface area contributed by atoms with E-state index in [9.17, 15) is 9.18 Å². The molecule has 1 amide bonds. The summed E-state index contributed by atoms with van der Waals surface area (Å²) in [6.45, 7) is 3.63. The van der Waals surface area contributed by atoms with Crippen molar-refractivity contribution in [3.63, 3.8) is 0 Å². The molecule has 2 N–H and O–H groups in total. The lowest BCUT2D eigenvalue weighted by atomic mass is 10.3. The minimum Gasteiger partial charge on any atom is -0.326 e. The zero-order valence-electron chi connectivity index (χ0n) is 9.42. The van der Waals surface area contributed by atoms with Gasteiger partial charge in [0.25, 0.3) is 0 Å². The lowest BCUT2D eigenvalue weighted by molar-refractivity contribution is -0.116. The predicted molar refractivity (Wildman–Crippen MR) is 62.8 cm³/mol. The second kappa shape index (κ2) is 6.95. The highest BCUT2D eigenvalue weighted by atomic mass is 19.1. The first-order chi connectivity index (χ1) is 7.72. The van der Waals surface area contributed by atoms with Crippen LogP contribution in [0.1, 0.15) is 19.8 Å². The summed E-state index contributed by atoms with van der Waals surface area (Å²) >= 11 is 0. The Bertz CT molecular complexity index is 342. The fraction of sp³-hybridized carbons (Fsp3) is 0.417. The molecule has 1 rings (SSSR count). The molecule has 0 aliphatic rings. The third-order valence-electron chi connectivity index (χ3n) is 2.06. The zero-order valence-corrected chi connectivity index (χ0v) is 9.42. The van der Waals surface area contributed by atoms with E-state index in [4.69, 9.17) is 0 Å². The summed E-state index contributed by atoms with van der Waals surface area (Å²) in [4.78, 5) is 11.4. The van der Waals surface area contributed by atoms with Crippen molar-refractivity contribution in [1.82, 2.24) is 5.32 Å². The minimum absolute atomic E-state index is 0.103. The van der Waals surface area contributed by atoms with Crippen LogP contribution in [0.15, 0.2) is 24.3 Å². The number of carbonyl (C=O) groups excluding carboxylic acids is 1. The van der Waals surface area contributed by atoms with Crippen LogP contribution in [0.4, 0.5) is 10.1 Å². The van der Waals surface area contributed by atoms with Gasteiger partial charge < -0.3 is 10.6 Å². The van der Waals surface area contributed by atoms with Crippen molar-refractivity contribution in [3.8, 4) is 0 Å². The van der Waals surface area contributed by atoms with Crippen molar-refractivity contribution >= 4 is 11.6 Å². The maximum atomic E-state index is 12.8. The molecule has 0 aliphatic carbocycles. The molecule has 0 bridgehead atoms. The Morgan fingerprint density at radius 1 is 1.38 bits per heavy atom. The summed E-state index contributed by atoms with van der Waals surface area (Å²) in [5, 5.41) is 5.77. The maximum absolute atomic E-state index is 12.8. The van der Waals surface area contributed by atoms with E-state index in [0.29, 0.717) is 18.7 Å². The van der Waals surface area contributed by atoms with Crippen LogP contribution in [-0.4, -0.2) is 19.0 Å². The zero-order chi connectivity index (χ0) is 11.8. The van der Waals surface area contributed by atoms with Crippen LogP contribution in [0, 0.1) is 5.82 Å². The molecule has 1 aromatic rings. The lowest BCUT2D eigenvalue weighted by Gasteiger charge is -2.05. The van der Waals surface area contributed by atoms with Crippen LogP contribution >= 0.6 is 0 Å². The van der Waals surface area contributed by atoms with Crippen LogP contribution in [0.5, 0.6) is 0 Å². The van der Waals surface area contributed by atoms with Gasteiger partial charge in [-0.15, -0.1) is 0 Å². The van der Waals surface area contributed by atoms with Crippen molar-refractivity contribution in [2.24, 2.45) is 0 Å². The summed E-state index contributed by atoms with van der Waals surface area (Å²) in [6, 6.07) is 5.89. The number of rotatable bonds is 6. The Hall–Kier alpha value is -1.42. The van der Waals surface area contributed by atoms with Gasteiger partial charge in [-0.05, 0) is 31.2 Å². The molecule has 0 saturated carbocycles. The summed E-state index contributed by atoms with van der Waals surface area (Å²) < 4.78 is 12.8. The second-order valence-electron chi connectivity index (χ2n) is 3.56. The van der Waals surface area contributed by atoms with Gasteiger partial charge in [0.15, 0.2) is 0 Å². The maximum Gasteiger partial charge on any atom is 0.225 e. The average Bonchev–Trinajstić information content (AvgIpc) is 2.24. The average molecular weight is 224 g/mol. The number of carbonyl (C=O) groups is 1. The van der Waals surface area contributed by atoms with E-state index in [1.807, 2.05) is 0 Å². The molecule has 0 fully saturated rings. The monoisotopic (exact) mass is 224 g/mol. The van der Waals surface area contributed by atoms with Gasteiger partial charge in [-0.3, -0.25) is 4.79 Å². The molecule has 0 aliphatic heterocycles. The quantitative estimate of drug-likeness (QED) is 0.727. The molecule has 0 atom stereocenters. The Morgan fingerprint density at radius 2 is 2.19 bits per heavy atom. The first-order valence-electron chi connectivity index (χ1n) is 5.48. The van der Waals surface area contributed by atoms with Crippen molar-refractivity contribution in [1.29, 1.82) is 0 Å². The van der Waals surface area contributed by atoms with Crippen LogP contribution in [-0.2, 0) is 4.79 Å². The number of hydrogen-bond acceptors (Lipinski definition) is 2. The molecule has 1 aromatic carbocycles. The van der Waals surface area contributed by atoms with Crippen molar-refractivity contribution in [3.05, 3.63) is 30.1 Å². The molecule has 0 spiro atoms.